The second-order valence-corrected chi connectivity index (χ2v) is 6.31. The Hall–Kier alpha value is -1.81. The number of thiophene rings is 1. The van der Waals surface area contributed by atoms with Crippen LogP contribution in [-0.2, 0) is 0 Å². The molecule has 2 aromatic rings. The number of rotatable bonds is 2. The van der Waals surface area contributed by atoms with Crippen LogP contribution in [0.2, 0.25) is 0 Å². The number of carbonyl (C=O) groups is 1. The normalized spacial score (nSPS) is 15.4. The summed E-state index contributed by atoms with van der Waals surface area (Å²) in [5, 5.41) is 0. The van der Waals surface area contributed by atoms with Crippen LogP contribution in [0.25, 0.3) is 0 Å². The number of amides is 1. The topological polar surface area (TPSA) is 23.6 Å². The molecule has 0 saturated carbocycles. The van der Waals surface area contributed by atoms with Crippen molar-refractivity contribution in [2.75, 3.05) is 31.1 Å². The molecule has 1 aromatic heterocycles. The summed E-state index contributed by atoms with van der Waals surface area (Å²) >= 11 is 1.58. The van der Waals surface area contributed by atoms with E-state index in [1.807, 2.05) is 30.0 Å². The Morgan fingerprint density at radius 1 is 1.00 bits per heavy atom. The SMILES string of the molecule is Cc1ccc(C(=O)N2CCN(c3ccccc3)CC2)s1. The number of nitrogens with zero attached hydrogens (tertiary/aromatic N) is 2. The molecule has 1 fully saturated rings. The molecular weight excluding hydrogens is 268 g/mol. The Balaban J connectivity index is 1.63. The molecule has 2 heterocycles. The van der Waals surface area contributed by atoms with Gasteiger partial charge in [-0.15, -0.1) is 11.3 Å². The molecule has 3 nitrogen and oxygen atoms in total. The molecular formula is C16H18N2OS. The predicted octanol–water partition coefficient (Wildman–Crippen LogP) is 3.02. The molecule has 0 spiro atoms. The van der Waals surface area contributed by atoms with Crippen molar-refractivity contribution in [3.8, 4) is 0 Å². The van der Waals surface area contributed by atoms with Gasteiger partial charge in [0.1, 0.15) is 0 Å². The number of carbonyl (C=O) groups excluding carboxylic acids is 1. The molecule has 0 bridgehead atoms. The molecule has 1 aliphatic rings. The van der Waals surface area contributed by atoms with Gasteiger partial charge >= 0.3 is 0 Å². The van der Waals surface area contributed by atoms with E-state index in [0.29, 0.717) is 0 Å². The van der Waals surface area contributed by atoms with Crippen molar-refractivity contribution in [1.29, 1.82) is 0 Å². The van der Waals surface area contributed by atoms with Gasteiger partial charge in [0.2, 0.25) is 0 Å². The van der Waals surface area contributed by atoms with Crippen molar-refractivity contribution >= 4 is 22.9 Å². The van der Waals surface area contributed by atoms with E-state index in [1.54, 1.807) is 11.3 Å². The molecule has 1 aliphatic heterocycles. The summed E-state index contributed by atoms with van der Waals surface area (Å²) in [7, 11) is 0. The maximum absolute atomic E-state index is 12.4. The van der Waals surface area contributed by atoms with Crippen molar-refractivity contribution < 1.29 is 4.79 Å². The number of hydrogen-bond donors (Lipinski definition) is 0. The molecule has 0 unspecified atom stereocenters. The van der Waals surface area contributed by atoms with E-state index in [0.717, 1.165) is 31.1 Å². The molecule has 4 heteroatoms. The Labute approximate surface area is 123 Å². The zero-order valence-electron chi connectivity index (χ0n) is 11.6. The number of aryl methyl sites for hydroxylation is 1. The van der Waals surface area contributed by atoms with Crippen LogP contribution in [0.4, 0.5) is 5.69 Å². The molecule has 1 amide bonds. The standard InChI is InChI=1S/C16H18N2OS/c1-13-7-8-15(20-13)16(19)18-11-9-17(10-12-18)14-5-3-2-4-6-14/h2-8H,9-12H2,1H3. The van der Waals surface area contributed by atoms with E-state index < -0.39 is 0 Å². The van der Waals surface area contributed by atoms with Gasteiger partial charge < -0.3 is 9.80 Å². The summed E-state index contributed by atoms with van der Waals surface area (Å²) in [5.41, 5.74) is 1.24. The molecule has 0 aliphatic carbocycles. The van der Waals surface area contributed by atoms with Gasteiger partial charge in [-0.05, 0) is 31.2 Å². The average Bonchev–Trinajstić information content (AvgIpc) is 2.94. The van der Waals surface area contributed by atoms with Crippen LogP contribution in [0, 0.1) is 6.92 Å². The lowest BCUT2D eigenvalue weighted by atomic mass is 10.2. The number of piperazine rings is 1. The van der Waals surface area contributed by atoms with Gasteiger partial charge in [0.05, 0.1) is 4.88 Å². The zero-order valence-corrected chi connectivity index (χ0v) is 12.4. The minimum Gasteiger partial charge on any atom is -0.368 e. The number of hydrogen-bond acceptors (Lipinski definition) is 3. The highest BCUT2D eigenvalue weighted by Gasteiger charge is 2.22. The monoisotopic (exact) mass is 286 g/mol. The zero-order chi connectivity index (χ0) is 13.9. The molecule has 1 saturated heterocycles. The van der Waals surface area contributed by atoms with Crippen molar-refractivity contribution in [1.82, 2.24) is 4.90 Å². The first-order chi connectivity index (χ1) is 9.74. The molecule has 0 radical (unpaired) electrons. The van der Waals surface area contributed by atoms with Crippen LogP contribution in [0.15, 0.2) is 42.5 Å². The third-order valence-electron chi connectivity index (χ3n) is 3.64. The Morgan fingerprint density at radius 3 is 2.30 bits per heavy atom. The molecule has 0 N–H and O–H groups in total. The van der Waals surface area contributed by atoms with E-state index in [-0.39, 0.29) is 5.91 Å². The molecule has 1 aromatic carbocycles. The van der Waals surface area contributed by atoms with Gasteiger partial charge in [0.25, 0.3) is 5.91 Å². The first kappa shape index (κ1) is 13.2. The maximum atomic E-state index is 12.4. The highest BCUT2D eigenvalue weighted by Crippen LogP contribution is 2.20. The van der Waals surface area contributed by atoms with E-state index in [2.05, 4.69) is 29.2 Å². The summed E-state index contributed by atoms with van der Waals surface area (Å²) in [4.78, 5) is 18.7. The van der Waals surface area contributed by atoms with Gasteiger partial charge in [-0.3, -0.25) is 4.79 Å². The fourth-order valence-electron chi connectivity index (χ4n) is 2.51. The van der Waals surface area contributed by atoms with Crippen molar-refractivity contribution in [3.63, 3.8) is 0 Å². The second kappa shape index (κ2) is 5.67. The summed E-state index contributed by atoms with van der Waals surface area (Å²) in [6.07, 6.45) is 0. The third-order valence-corrected chi connectivity index (χ3v) is 4.63. The van der Waals surface area contributed by atoms with Crippen molar-refractivity contribution in [3.05, 3.63) is 52.2 Å². The first-order valence-electron chi connectivity index (χ1n) is 6.90. The van der Waals surface area contributed by atoms with Gasteiger partial charge in [-0.1, -0.05) is 18.2 Å². The Kier molecular flexibility index (Phi) is 3.74. The van der Waals surface area contributed by atoms with Crippen molar-refractivity contribution in [2.45, 2.75) is 6.92 Å². The summed E-state index contributed by atoms with van der Waals surface area (Å²) < 4.78 is 0. The number of para-hydroxylation sites is 1. The predicted molar refractivity (Wildman–Crippen MR) is 83.6 cm³/mol. The molecule has 0 atom stereocenters. The number of benzene rings is 1. The lowest BCUT2D eigenvalue weighted by molar-refractivity contribution is 0.0751. The van der Waals surface area contributed by atoms with E-state index in [9.17, 15) is 4.79 Å². The van der Waals surface area contributed by atoms with Gasteiger partial charge in [-0.2, -0.15) is 0 Å². The van der Waals surface area contributed by atoms with Gasteiger partial charge in [0.15, 0.2) is 0 Å². The van der Waals surface area contributed by atoms with Crippen LogP contribution in [-0.4, -0.2) is 37.0 Å². The molecule has 20 heavy (non-hydrogen) atoms. The molecule has 104 valence electrons. The lowest BCUT2D eigenvalue weighted by Crippen LogP contribution is -2.48. The Morgan fingerprint density at radius 2 is 1.70 bits per heavy atom. The summed E-state index contributed by atoms with van der Waals surface area (Å²) in [6, 6.07) is 14.3. The van der Waals surface area contributed by atoms with Crippen LogP contribution in [0.3, 0.4) is 0 Å². The average molecular weight is 286 g/mol. The van der Waals surface area contributed by atoms with E-state index in [4.69, 9.17) is 0 Å². The summed E-state index contributed by atoms with van der Waals surface area (Å²) in [5.74, 6) is 0.177. The molecule has 3 rings (SSSR count). The quantitative estimate of drug-likeness (QED) is 0.847. The third kappa shape index (κ3) is 2.70. The number of anilines is 1. The second-order valence-electron chi connectivity index (χ2n) is 5.03. The minimum absolute atomic E-state index is 0.177. The smallest absolute Gasteiger partial charge is 0.264 e. The van der Waals surface area contributed by atoms with Crippen molar-refractivity contribution in [2.24, 2.45) is 0 Å². The minimum atomic E-state index is 0.177. The van der Waals surface area contributed by atoms with Crippen LogP contribution >= 0.6 is 11.3 Å². The maximum Gasteiger partial charge on any atom is 0.264 e. The van der Waals surface area contributed by atoms with E-state index >= 15 is 0 Å². The highest BCUT2D eigenvalue weighted by molar-refractivity contribution is 7.13. The van der Waals surface area contributed by atoms with Gasteiger partial charge in [0, 0.05) is 36.7 Å². The van der Waals surface area contributed by atoms with Crippen LogP contribution in [0.1, 0.15) is 14.5 Å². The fraction of sp³-hybridized carbons (Fsp3) is 0.312. The largest absolute Gasteiger partial charge is 0.368 e. The van der Waals surface area contributed by atoms with Crippen LogP contribution < -0.4 is 4.90 Å². The lowest BCUT2D eigenvalue weighted by Gasteiger charge is -2.36. The Bertz CT molecular complexity index is 586. The highest BCUT2D eigenvalue weighted by atomic mass is 32.1. The fourth-order valence-corrected chi connectivity index (χ4v) is 3.35. The summed E-state index contributed by atoms with van der Waals surface area (Å²) in [6.45, 7) is 5.43. The van der Waals surface area contributed by atoms with E-state index in [1.165, 1.54) is 10.6 Å². The first-order valence-corrected chi connectivity index (χ1v) is 7.71. The van der Waals surface area contributed by atoms with Crippen LogP contribution in [0.5, 0.6) is 0 Å². The van der Waals surface area contributed by atoms with Gasteiger partial charge in [-0.25, -0.2) is 0 Å².